The lowest BCUT2D eigenvalue weighted by atomic mass is 10.0. The molecule has 1 unspecified atom stereocenters. The van der Waals surface area contributed by atoms with Crippen LogP contribution in [0.3, 0.4) is 0 Å². The summed E-state index contributed by atoms with van der Waals surface area (Å²) in [6.45, 7) is 4.07. The summed E-state index contributed by atoms with van der Waals surface area (Å²) in [5.41, 5.74) is 0.582. The second-order valence-corrected chi connectivity index (χ2v) is 5.57. The molecule has 1 heterocycles. The summed E-state index contributed by atoms with van der Waals surface area (Å²) in [5, 5.41) is 14.6. The predicted octanol–water partition coefficient (Wildman–Crippen LogP) is 1.88. The van der Waals surface area contributed by atoms with Crippen molar-refractivity contribution in [1.29, 1.82) is 0 Å². The van der Waals surface area contributed by atoms with E-state index in [1.54, 1.807) is 12.4 Å². The van der Waals surface area contributed by atoms with Gasteiger partial charge in [-0.05, 0) is 25.2 Å². The Labute approximate surface area is 119 Å². The fourth-order valence-corrected chi connectivity index (χ4v) is 2.00. The number of urea groups is 1. The lowest BCUT2D eigenvalue weighted by Crippen LogP contribution is -2.41. The van der Waals surface area contributed by atoms with Crippen LogP contribution in [0.5, 0.6) is 0 Å². The maximum absolute atomic E-state index is 11.9. The number of nitrogens with zero attached hydrogens (tertiary/aromatic N) is 2. The molecule has 2 amide bonds. The van der Waals surface area contributed by atoms with Crippen LogP contribution in [0.2, 0.25) is 0 Å². The van der Waals surface area contributed by atoms with E-state index in [1.807, 2.05) is 13.8 Å². The quantitative estimate of drug-likeness (QED) is 0.741. The molecule has 2 rings (SSSR count). The van der Waals surface area contributed by atoms with Gasteiger partial charge < -0.3 is 15.7 Å². The summed E-state index contributed by atoms with van der Waals surface area (Å²) in [6.07, 6.45) is 6.13. The summed E-state index contributed by atoms with van der Waals surface area (Å²) in [6, 6.07) is -0.341. The number of aliphatic hydroxyl groups excluding tert-OH is 1. The number of carbonyl (C=O) groups excluding carboxylic acids is 1. The second kappa shape index (κ2) is 6.65. The molecule has 6 nitrogen and oxygen atoms in total. The number of carbonyl (C=O) groups is 1. The van der Waals surface area contributed by atoms with E-state index in [2.05, 4.69) is 20.6 Å². The van der Waals surface area contributed by atoms with Gasteiger partial charge >= 0.3 is 6.03 Å². The maximum atomic E-state index is 11.9. The van der Waals surface area contributed by atoms with E-state index < -0.39 is 0 Å². The number of rotatable bonds is 6. The topological polar surface area (TPSA) is 87.1 Å². The molecule has 0 aromatic carbocycles. The van der Waals surface area contributed by atoms with E-state index in [9.17, 15) is 4.79 Å². The van der Waals surface area contributed by atoms with Crippen LogP contribution >= 0.6 is 0 Å². The molecule has 1 fully saturated rings. The molecule has 0 aliphatic heterocycles. The molecule has 1 atom stereocenters. The van der Waals surface area contributed by atoms with Crippen molar-refractivity contribution in [2.75, 3.05) is 11.9 Å². The van der Waals surface area contributed by atoms with Crippen LogP contribution in [0, 0.1) is 5.92 Å². The molecule has 0 saturated heterocycles. The number of aromatic nitrogens is 2. The molecule has 1 saturated carbocycles. The Morgan fingerprint density at radius 2 is 2.05 bits per heavy atom. The van der Waals surface area contributed by atoms with Gasteiger partial charge in [0.1, 0.15) is 5.82 Å². The first-order chi connectivity index (χ1) is 9.60. The lowest BCUT2D eigenvalue weighted by Gasteiger charge is -2.21. The monoisotopic (exact) mass is 278 g/mol. The highest BCUT2D eigenvalue weighted by Gasteiger charge is 2.26. The van der Waals surface area contributed by atoms with Crippen molar-refractivity contribution in [3.63, 3.8) is 0 Å². The molecular weight excluding hydrogens is 256 g/mol. The minimum absolute atomic E-state index is 0.0494. The van der Waals surface area contributed by atoms with Crippen LogP contribution in [0.4, 0.5) is 10.5 Å². The van der Waals surface area contributed by atoms with Crippen molar-refractivity contribution < 1.29 is 9.90 Å². The molecule has 6 heteroatoms. The van der Waals surface area contributed by atoms with Crippen LogP contribution in [-0.2, 0) is 0 Å². The van der Waals surface area contributed by atoms with Crippen LogP contribution in [-0.4, -0.2) is 33.8 Å². The lowest BCUT2D eigenvalue weighted by molar-refractivity contribution is 0.227. The molecule has 3 N–H and O–H groups in total. The highest BCUT2D eigenvalue weighted by Crippen LogP contribution is 2.37. The first kappa shape index (κ1) is 14.7. The smallest absolute Gasteiger partial charge is 0.319 e. The van der Waals surface area contributed by atoms with Crippen molar-refractivity contribution >= 4 is 11.7 Å². The van der Waals surface area contributed by atoms with Crippen LogP contribution in [0.15, 0.2) is 12.4 Å². The Morgan fingerprint density at radius 3 is 2.55 bits per heavy atom. The average Bonchev–Trinajstić information content (AvgIpc) is 3.23. The van der Waals surface area contributed by atoms with Crippen LogP contribution in [0.1, 0.15) is 44.9 Å². The number of nitrogens with one attached hydrogen (secondary N) is 2. The molecule has 0 bridgehead atoms. The van der Waals surface area contributed by atoms with Gasteiger partial charge in [-0.3, -0.25) is 0 Å². The average molecular weight is 278 g/mol. The molecular formula is C14H22N4O2. The van der Waals surface area contributed by atoms with Gasteiger partial charge in [0.2, 0.25) is 0 Å². The van der Waals surface area contributed by atoms with Gasteiger partial charge in [-0.25, -0.2) is 14.8 Å². The van der Waals surface area contributed by atoms with E-state index in [4.69, 9.17) is 5.11 Å². The maximum Gasteiger partial charge on any atom is 0.319 e. The fraction of sp³-hybridized carbons (Fsp3) is 0.643. The summed E-state index contributed by atoms with van der Waals surface area (Å²) >= 11 is 0. The van der Waals surface area contributed by atoms with Gasteiger partial charge in [-0.1, -0.05) is 13.8 Å². The van der Waals surface area contributed by atoms with Crippen molar-refractivity contribution in [2.24, 2.45) is 5.92 Å². The number of anilines is 1. The predicted molar refractivity (Wildman–Crippen MR) is 76.5 cm³/mol. The summed E-state index contributed by atoms with van der Waals surface area (Å²) in [7, 11) is 0. The molecule has 1 aromatic rings. The normalized spacial score (nSPS) is 16.0. The zero-order valence-electron chi connectivity index (χ0n) is 12.0. The molecule has 0 spiro atoms. The minimum Gasteiger partial charge on any atom is -0.396 e. The van der Waals surface area contributed by atoms with Gasteiger partial charge in [0.25, 0.3) is 0 Å². The summed E-state index contributed by atoms with van der Waals surface area (Å²) in [4.78, 5) is 20.4. The third-order valence-corrected chi connectivity index (χ3v) is 3.43. The molecule has 1 aromatic heterocycles. The number of hydrogen-bond donors (Lipinski definition) is 3. The van der Waals surface area contributed by atoms with Gasteiger partial charge in [0.15, 0.2) is 0 Å². The largest absolute Gasteiger partial charge is 0.396 e. The molecule has 110 valence electrons. The van der Waals surface area contributed by atoms with Crippen molar-refractivity contribution in [2.45, 2.75) is 45.1 Å². The van der Waals surface area contributed by atoms with Gasteiger partial charge in [-0.2, -0.15) is 0 Å². The zero-order chi connectivity index (χ0) is 14.5. The number of amides is 2. The molecule has 1 aliphatic carbocycles. The van der Waals surface area contributed by atoms with E-state index >= 15 is 0 Å². The molecule has 0 radical (unpaired) electrons. The third kappa shape index (κ3) is 4.16. The van der Waals surface area contributed by atoms with Gasteiger partial charge in [-0.15, -0.1) is 0 Å². The first-order valence-electron chi connectivity index (χ1n) is 7.10. The molecule has 1 aliphatic rings. The van der Waals surface area contributed by atoms with Gasteiger partial charge in [0.05, 0.1) is 18.1 Å². The van der Waals surface area contributed by atoms with E-state index in [0.29, 0.717) is 18.0 Å². The first-order valence-corrected chi connectivity index (χ1v) is 7.10. The van der Waals surface area contributed by atoms with Crippen molar-refractivity contribution in [1.82, 2.24) is 15.3 Å². The van der Waals surface area contributed by atoms with Crippen molar-refractivity contribution in [3.8, 4) is 0 Å². The van der Waals surface area contributed by atoms with E-state index in [0.717, 1.165) is 18.7 Å². The van der Waals surface area contributed by atoms with Crippen LogP contribution in [0.25, 0.3) is 0 Å². The highest BCUT2D eigenvalue weighted by atomic mass is 16.3. The van der Waals surface area contributed by atoms with Crippen molar-refractivity contribution in [3.05, 3.63) is 18.2 Å². The molecule has 20 heavy (non-hydrogen) atoms. The summed E-state index contributed by atoms with van der Waals surface area (Å²) < 4.78 is 0. The Balaban J connectivity index is 1.86. The third-order valence-electron chi connectivity index (χ3n) is 3.43. The number of aliphatic hydroxyl groups is 1. The second-order valence-electron chi connectivity index (χ2n) is 5.57. The minimum atomic E-state index is -0.292. The van der Waals surface area contributed by atoms with Crippen LogP contribution < -0.4 is 10.6 Å². The number of hydrogen-bond acceptors (Lipinski definition) is 4. The Kier molecular flexibility index (Phi) is 4.89. The van der Waals surface area contributed by atoms with E-state index in [-0.39, 0.29) is 24.6 Å². The summed E-state index contributed by atoms with van der Waals surface area (Å²) in [5.74, 6) is 1.63. The Hall–Kier alpha value is -1.69. The zero-order valence-corrected chi connectivity index (χ0v) is 12.0. The highest BCUT2D eigenvalue weighted by molar-refractivity contribution is 5.89. The van der Waals surface area contributed by atoms with Gasteiger partial charge in [0, 0.05) is 18.6 Å². The Morgan fingerprint density at radius 1 is 1.40 bits per heavy atom. The Bertz CT molecular complexity index is 443. The standard InChI is InChI=1S/C14H22N4O2/c1-9(2)12(5-6-19)18-14(20)17-11-7-15-13(16-8-11)10-3-4-10/h7-10,12,19H,3-6H2,1-2H3,(H2,17,18,20). The SMILES string of the molecule is CC(C)C(CCO)NC(=O)Nc1cnc(C2CC2)nc1. The fourth-order valence-electron chi connectivity index (χ4n) is 2.00. The van der Waals surface area contributed by atoms with E-state index in [1.165, 1.54) is 0 Å².